The van der Waals surface area contributed by atoms with Crippen molar-refractivity contribution in [2.75, 3.05) is 18.9 Å². The van der Waals surface area contributed by atoms with Crippen LogP contribution in [0.15, 0.2) is 67.0 Å². The second-order valence-corrected chi connectivity index (χ2v) is 6.73. The maximum Gasteiger partial charge on any atom is 0.292 e. The molecule has 1 N–H and O–H groups in total. The first kappa shape index (κ1) is 20.1. The molecule has 3 aromatic rings. The van der Waals surface area contributed by atoms with E-state index in [-0.39, 0.29) is 18.0 Å². The lowest BCUT2D eigenvalue weighted by molar-refractivity contribution is -0.384. The van der Waals surface area contributed by atoms with E-state index >= 15 is 0 Å². The maximum absolute atomic E-state index is 12.4. The number of benzene rings is 2. The summed E-state index contributed by atoms with van der Waals surface area (Å²) in [5.41, 5.74) is 2.52. The fourth-order valence-electron chi connectivity index (χ4n) is 2.98. The number of carbonyl (C=O) groups excluding carboxylic acids is 1. The van der Waals surface area contributed by atoms with E-state index < -0.39 is 4.92 Å². The lowest BCUT2D eigenvalue weighted by Crippen LogP contribution is -2.27. The summed E-state index contributed by atoms with van der Waals surface area (Å²) in [5, 5.41) is 18.4. The fourth-order valence-corrected chi connectivity index (χ4v) is 2.98. The third kappa shape index (κ3) is 5.65. The predicted molar refractivity (Wildman–Crippen MR) is 110 cm³/mol. The molecule has 0 atom stereocenters. The minimum atomic E-state index is -0.441. The monoisotopic (exact) mass is 393 g/mol. The molecule has 1 heterocycles. The number of nitro benzene ring substituents is 1. The molecule has 0 radical (unpaired) electrons. The molecular weight excluding hydrogens is 370 g/mol. The Kier molecular flexibility index (Phi) is 6.57. The van der Waals surface area contributed by atoms with Gasteiger partial charge in [0.25, 0.3) is 5.69 Å². The van der Waals surface area contributed by atoms with Crippen LogP contribution in [0.1, 0.15) is 17.5 Å². The third-order valence-corrected chi connectivity index (χ3v) is 4.47. The van der Waals surface area contributed by atoms with Crippen LogP contribution in [0, 0.1) is 10.1 Å². The molecule has 29 heavy (non-hydrogen) atoms. The molecule has 0 aliphatic heterocycles. The Morgan fingerprint density at radius 1 is 1.14 bits per heavy atom. The lowest BCUT2D eigenvalue weighted by Gasteiger charge is -2.16. The Labute approximate surface area is 168 Å². The molecule has 0 saturated carbocycles. The molecule has 0 aliphatic rings. The highest BCUT2D eigenvalue weighted by Gasteiger charge is 2.14. The van der Waals surface area contributed by atoms with Crippen molar-refractivity contribution < 1.29 is 9.72 Å². The van der Waals surface area contributed by atoms with E-state index in [1.165, 1.54) is 6.07 Å². The van der Waals surface area contributed by atoms with Gasteiger partial charge in [-0.1, -0.05) is 42.5 Å². The van der Waals surface area contributed by atoms with Crippen molar-refractivity contribution in [3.05, 3.63) is 88.2 Å². The number of hydrogen-bond acceptors (Lipinski definition) is 5. The number of aromatic nitrogens is 2. The van der Waals surface area contributed by atoms with Crippen molar-refractivity contribution in [1.29, 1.82) is 0 Å². The Balaban J connectivity index is 1.48. The molecule has 1 aromatic heterocycles. The minimum Gasteiger partial charge on any atom is -0.379 e. The molecule has 0 spiro atoms. The Morgan fingerprint density at radius 2 is 1.86 bits per heavy atom. The van der Waals surface area contributed by atoms with Gasteiger partial charge in [0.2, 0.25) is 5.91 Å². The third-order valence-electron chi connectivity index (χ3n) is 4.47. The summed E-state index contributed by atoms with van der Waals surface area (Å²) in [5.74, 6) is -0.0492. The molecule has 0 bridgehead atoms. The van der Waals surface area contributed by atoms with Gasteiger partial charge in [-0.05, 0) is 11.6 Å². The van der Waals surface area contributed by atoms with Crippen molar-refractivity contribution >= 4 is 17.3 Å². The molecule has 8 heteroatoms. The second-order valence-electron chi connectivity index (χ2n) is 6.73. The summed E-state index contributed by atoms with van der Waals surface area (Å²) in [4.78, 5) is 24.6. The number of carbonyl (C=O) groups is 1. The highest BCUT2D eigenvalue weighted by molar-refractivity contribution is 5.76. The van der Waals surface area contributed by atoms with Crippen LogP contribution in [-0.2, 0) is 17.9 Å². The molecule has 8 nitrogen and oxygen atoms in total. The van der Waals surface area contributed by atoms with Gasteiger partial charge in [-0.3, -0.25) is 19.6 Å². The van der Waals surface area contributed by atoms with Gasteiger partial charge in [0.1, 0.15) is 5.69 Å². The van der Waals surface area contributed by atoms with Crippen molar-refractivity contribution in [3.63, 3.8) is 0 Å². The summed E-state index contributed by atoms with van der Waals surface area (Å²) >= 11 is 0. The SMILES string of the molecule is CN(Cc1cnn(Cc2ccccc2)c1)C(=O)CCNc1ccccc1[N+](=O)[O-]. The maximum atomic E-state index is 12.4. The van der Waals surface area contributed by atoms with Gasteiger partial charge in [-0.2, -0.15) is 5.10 Å². The minimum absolute atomic E-state index is 0.000802. The van der Waals surface area contributed by atoms with Crippen LogP contribution in [0.5, 0.6) is 0 Å². The van der Waals surface area contributed by atoms with Crippen molar-refractivity contribution in [2.45, 2.75) is 19.5 Å². The van der Waals surface area contributed by atoms with Crippen molar-refractivity contribution in [3.8, 4) is 0 Å². The number of nitrogens with one attached hydrogen (secondary N) is 1. The highest BCUT2D eigenvalue weighted by atomic mass is 16.6. The van der Waals surface area contributed by atoms with E-state index in [9.17, 15) is 14.9 Å². The number of anilines is 1. The summed E-state index contributed by atoms with van der Waals surface area (Å²) in [6.45, 7) is 1.46. The van der Waals surface area contributed by atoms with Gasteiger partial charge < -0.3 is 10.2 Å². The van der Waals surface area contributed by atoms with Crippen LogP contribution in [0.3, 0.4) is 0 Å². The molecule has 150 valence electrons. The topological polar surface area (TPSA) is 93.3 Å². The summed E-state index contributed by atoms with van der Waals surface area (Å²) in [7, 11) is 1.74. The van der Waals surface area contributed by atoms with Crippen LogP contribution in [-0.4, -0.2) is 39.1 Å². The normalized spacial score (nSPS) is 10.5. The molecule has 0 fully saturated rings. The first-order valence-corrected chi connectivity index (χ1v) is 9.29. The Morgan fingerprint density at radius 3 is 2.62 bits per heavy atom. The summed E-state index contributed by atoms with van der Waals surface area (Å²) in [6.07, 6.45) is 3.93. The van der Waals surface area contributed by atoms with Crippen LogP contribution >= 0.6 is 0 Å². The highest BCUT2D eigenvalue weighted by Crippen LogP contribution is 2.22. The number of nitrogens with zero attached hydrogens (tertiary/aromatic N) is 4. The first-order valence-electron chi connectivity index (χ1n) is 9.29. The zero-order valence-corrected chi connectivity index (χ0v) is 16.2. The van der Waals surface area contributed by atoms with Gasteiger partial charge in [0, 0.05) is 44.4 Å². The molecule has 0 unspecified atom stereocenters. The molecule has 0 saturated heterocycles. The molecule has 2 aromatic carbocycles. The smallest absolute Gasteiger partial charge is 0.292 e. The van der Waals surface area contributed by atoms with Gasteiger partial charge >= 0.3 is 0 Å². The number of hydrogen-bond donors (Lipinski definition) is 1. The molecule has 0 aliphatic carbocycles. The summed E-state index contributed by atoms with van der Waals surface area (Å²) < 4.78 is 1.85. The van der Waals surface area contributed by atoms with Crippen molar-refractivity contribution in [1.82, 2.24) is 14.7 Å². The van der Waals surface area contributed by atoms with E-state index in [1.54, 1.807) is 36.3 Å². The van der Waals surface area contributed by atoms with Crippen LogP contribution in [0.25, 0.3) is 0 Å². The average molecular weight is 393 g/mol. The fraction of sp³-hybridized carbons (Fsp3) is 0.238. The number of amides is 1. The largest absolute Gasteiger partial charge is 0.379 e. The average Bonchev–Trinajstić information content (AvgIpc) is 3.15. The number of rotatable bonds is 9. The van der Waals surface area contributed by atoms with Crippen LogP contribution in [0.4, 0.5) is 11.4 Å². The van der Waals surface area contributed by atoms with E-state index in [2.05, 4.69) is 10.4 Å². The Bertz CT molecular complexity index is 971. The van der Waals surface area contributed by atoms with Gasteiger partial charge in [0.05, 0.1) is 17.7 Å². The number of para-hydroxylation sites is 2. The van der Waals surface area contributed by atoms with Gasteiger partial charge in [-0.15, -0.1) is 0 Å². The van der Waals surface area contributed by atoms with Gasteiger partial charge in [0.15, 0.2) is 0 Å². The molecular formula is C21H23N5O3. The molecule has 3 rings (SSSR count). The van der Waals surface area contributed by atoms with Crippen LogP contribution in [0.2, 0.25) is 0 Å². The van der Waals surface area contributed by atoms with Crippen LogP contribution < -0.4 is 5.32 Å². The number of nitro groups is 1. The Hall–Kier alpha value is -3.68. The summed E-state index contributed by atoms with van der Waals surface area (Å²) in [6, 6.07) is 16.4. The predicted octanol–water partition coefficient (Wildman–Crippen LogP) is 3.30. The lowest BCUT2D eigenvalue weighted by atomic mass is 10.2. The van der Waals surface area contributed by atoms with Gasteiger partial charge in [-0.25, -0.2) is 0 Å². The second kappa shape index (κ2) is 9.50. The zero-order valence-electron chi connectivity index (χ0n) is 16.2. The van der Waals surface area contributed by atoms with E-state index in [0.717, 1.165) is 11.1 Å². The quantitative estimate of drug-likeness (QED) is 0.445. The molecule has 1 amide bonds. The van der Waals surface area contributed by atoms with E-state index in [4.69, 9.17) is 0 Å². The standard InChI is InChI=1S/C21H23N5O3/c1-24(14-18-13-23-25(16-18)15-17-7-3-2-4-8-17)21(27)11-12-22-19-9-5-6-10-20(19)26(28)29/h2-10,13,16,22H,11-12,14-15H2,1H3. The van der Waals surface area contributed by atoms with E-state index in [1.807, 2.05) is 41.2 Å². The van der Waals surface area contributed by atoms with E-state index in [0.29, 0.717) is 25.3 Å². The first-order chi connectivity index (χ1) is 14.0. The van der Waals surface area contributed by atoms with Crippen molar-refractivity contribution in [2.24, 2.45) is 0 Å². The zero-order chi connectivity index (χ0) is 20.6.